The van der Waals surface area contributed by atoms with Crippen LogP contribution in [0.25, 0.3) is 0 Å². The Morgan fingerprint density at radius 1 is 1.30 bits per heavy atom. The molecule has 1 fully saturated rings. The maximum atomic E-state index is 12.0. The van der Waals surface area contributed by atoms with Crippen LogP contribution in [-0.2, 0) is 0 Å². The van der Waals surface area contributed by atoms with E-state index in [2.05, 4.69) is 10.6 Å². The van der Waals surface area contributed by atoms with Crippen molar-refractivity contribution in [3.05, 3.63) is 28.2 Å². The number of benzene rings is 1. The molecule has 0 radical (unpaired) electrons. The second kappa shape index (κ2) is 7.16. The largest absolute Gasteiger partial charge is 0.396 e. The number of aliphatic hydroxyl groups excluding tert-OH is 1. The van der Waals surface area contributed by atoms with E-state index in [1.165, 1.54) is 0 Å². The van der Waals surface area contributed by atoms with Crippen LogP contribution in [0.3, 0.4) is 0 Å². The lowest BCUT2D eigenvalue weighted by Crippen LogP contribution is -2.45. The molecule has 6 heteroatoms. The van der Waals surface area contributed by atoms with Gasteiger partial charge in [0.05, 0.1) is 10.7 Å². The van der Waals surface area contributed by atoms with Gasteiger partial charge in [0.15, 0.2) is 0 Å². The van der Waals surface area contributed by atoms with Crippen molar-refractivity contribution in [2.24, 2.45) is 5.92 Å². The van der Waals surface area contributed by atoms with Crippen LogP contribution in [0.15, 0.2) is 18.2 Å². The number of halogens is 2. The quantitative estimate of drug-likeness (QED) is 0.796. The Balaban J connectivity index is 1.96. The minimum Gasteiger partial charge on any atom is -0.396 e. The van der Waals surface area contributed by atoms with Crippen LogP contribution >= 0.6 is 23.2 Å². The van der Waals surface area contributed by atoms with Gasteiger partial charge in [-0.1, -0.05) is 36.0 Å². The predicted molar refractivity (Wildman–Crippen MR) is 81.4 cm³/mol. The fraction of sp³-hybridized carbons (Fsp3) is 0.500. The molecule has 2 unspecified atom stereocenters. The number of urea groups is 1. The van der Waals surface area contributed by atoms with Crippen LogP contribution in [0.5, 0.6) is 0 Å². The molecule has 1 aromatic rings. The molecule has 1 saturated carbocycles. The van der Waals surface area contributed by atoms with E-state index in [4.69, 9.17) is 23.2 Å². The van der Waals surface area contributed by atoms with E-state index >= 15 is 0 Å². The highest BCUT2D eigenvalue weighted by Gasteiger charge is 2.25. The second-order valence-corrected chi connectivity index (χ2v) is 5.90. The van der Waals surface area contributed by atoms with E-state index in [0.717, 1.165) is 25.7 Å². The van der Waals surface area contributed by atoms with Crippen LogP contribution in [0.4, 0.5) is 10.5 Å². The fourth-order valence-electron chi connectivity index (χ4n) is 2.54. The van der Waals surface area contributed by atoms with Gasteiger partial charge in [-0.2, -0.15) is 0 Å². The van der Waals surface area contributed by atoms with Crippen LogP contribution in [0, 0.1) is 5.92 Å². The Kier molecular flexibility index (Phi) is 5.52. The van der Waals surface area contributed by atoms with Crippen molar-refractivity contribution in [3.8, 4) is 0 Å². The summed E-state index contributed by atoms with van der Waals surface area (Å²) in [4.78, 5) is 12.0. The lowest BCUT2D eigenvalue weighted by atomic mass is 9.85. The molecule has 4 nitrogen and oxygen atoms in total. The fourth-order valence-corrected chi connectivity index (χ4v) is 2.87. The molecule has 1 aliphatic rings. The number of hydrogen-bond acceptors (Lipinski definition) is 2. The maximum Gasteiger partial charge on any atom is 0.319 e. The minimum atomic E-state index is -0.320. The molecule has 20 heavy (non-hydrogen) atoms. The summed E-state index contributed by atoms with van der Waals surface area (Å²) in [7, 11) is 0. The van der Waals surface area contributed by atoms with Gasteiger partial charge >= 0.3 is 6.03 Å². The molecule has 3 N–H and O–H groups in total. The molecule has 2 atom stereocenters. The molecular weight excluding hydrogens is 299 g/mol. The van der Waals surface area contributed by atoms with Crippen molar-refractivity contribution in [3.63, 3.8) is 0 Å². The third-order valence-corrected chi connectivity index (χ3v) is 4.20. The van der Waals surface area contributed by atoms with Gasteiger partial charge < -0.3 is 15.7 Å². The van der Waals surface area contributed by atoms with E-state index in [1.807, 2.05) is 0 Å². The van der Waals surface area contributed by atoms with Crippen LogP contribution in [0.2, 0.25) is 10.0 Å². The van der Waals surface area contributed by atoms with Crippen LogP contribution < -0.4 is 10.6 Å². The third kappa shape index (κ3) is 4.01. The van der Waals surface area contributed by atoms with Gasteiger partial charge in [-0.05, 0) is 31.0 Å². The zero-order chi connectivity index (χ0) is 14.5. The lowest BCUT2D eigenvalue weighted by Gasteiger charge is -2.30. The van der Waals surface area contributed by atoms with E-state index in [0.29, 0.717) is 15.7 Å². The Labute approximate surface area is 128 Å². The van der Waals surface area contributed by atoms with Gasteiger partial charge in [0.1, 0.15) is 0 Å². The lowest BCUT2D eigenvalue weighted by molar-refractivity contribution is 0.156. The average Bonchev–Trinajstić information content (AvgIpc) is 2.43. The van der Waals surface area contributed by atoms with Crippen molar-refractivity contribution in [1.29, 1.82) is 0 Å². The summed E-state index contributed by atoms with van der Waals surface area (Å²) in [5, 5.41) is 15.9. The van der Waals surface area contributed by atoms with Crippen molar-refractivity contribution in [2.45, 2.75) is 31.7 Å². The molecule has 1 aromatic carbocycles. The molecule has 2 amide bonds. The van der Waals surface area contributed by atoms with Gasteiger partial charge in [-0.15, -0.1) is 0 Å². The first-order valence-corrected chi connectivity index (χ1v) is 7.49. The summed E-state index contributed by atoms with van der Waals surface area (Å²) in [6.07, 6.45) is 4.01. The molecule has 110 valence electrons. The first kappa shape index (κ1) is 15.4. The second-order valence-electron chi connectivity index (χ2n) is 5.06. The Morgan fingerprint density at radius 3 is 2.80 bits per heavy atom. The average molecular weight is 317 g/mol. The number of anilines is 1. The molecule has 2 rings (SSSR count). The monoisotopic (exact) mass is 316 g/mol. The van der Waals surface area contributed by atoms with Gasteiger partial charge in [0.25, 0.3) is 0 Å². The molecular formula is C14H18Cl2N2O2. The highest BCUT2D eigenvalue weighted by Crippen LogP contribution is 2.26. The number of carbonyl (C=O) groups is 1. The molecule has 1 aliphatic carbocycles. The normalized spacial score (nSPS) is 22.4. The predicted octanol–water partition coefficient (Wildman–Crippen LogP) is 3.67. The SMILES string of the molecule is O=C(Nc1cc(Cl)ccc1Cl)NC1CCCCC1CO. The topological polar surface area (TPSA) is 61.4 Å². The van der Waals surface area contributed by atoms with Gasteiger partial charge in [-0.3, -0.25) is 0 Å². The number of aliphatic hydroxyl groups is 1. The standard InChI is InChI=1S/C14H18Cl2N2O2/c15-10-5-6-11(16)13(7-10)18-14(20)17-12-4-2-1-3-9(12)8-19/h5-7,9,12,19H,1-4,8H2,(H2,17,18,20). The zero-order valence-corrected chi connectivity index (χ0v) is 12.5. The Hall–Kier alpha value is -0.970. The maximum absolute atomic E-state index is 12.0. The van der Waals surface area contributed by atoms with Gasteiger partial charge in [0.2, 0.25) is 0 Å². The molecule has 0 saturated heterocycles. The number of rotatable bonds is 3. The van der Waals surface area contributed by atoms with Crippen molar-refractivity contribution >= 4 is 34.9 Å². The highest BCUT2D eigenvalue weighted by molar-refractivity contribution is 6.35. The molecule has 0 heterocycles. The Morgan fingerprint density at radius 2 is 2.05 bits per heavy atom. The zero-order valence-electron chi connectivity index (χ0n) is 11.0. The van der Waals surface area contributed by atoms with Crippen molar-refractivity contribution < 1.29 is 9.90 Å². The summed E-state index contributed by atoms with van der Waals surface area (Å²) < 4.78 is 0. The summed E-state index contributed by atoms with van der Waals surface area (Å²) in [6, 6.07) is 4.59. The van der Waals surface area contributed by atoms with E-state index in [9.17, 15) is 9.90 Å². The first-order chi connectivity index (χ1) is 9.60. The van der Waals surface area contributed by atoms with Gasteiger partial charge in [-0.25, -0.2) is 4.79 Å². The third-order valence-electron chi connectivity index (χ3n) is 3.64. The van der Waals surface area contributed by atoms with Crippen LogP contribution in [0.1, 0.15) is 25.7 Å². The minimum absolute atomic E-state index is 0.00621. The van der Waals surface area contributed by atoms with Crippen molar-refractivity contribution in [1.82, 2.24) is 5.32 Å². The molecule has 0 bridgehead atoms. The molecule has 0 aromatic heterocycles. The van der Waals surface area contributed by atoms with E-state index in [1.54, 1.807) is 18.2 Å². The Bertz CT molecular complexity index is 482. The smallest absolute Gasteiger partial charge is 0.319 e. The first-order valence-electron chi connectivity index (χ1n) is 6.73. The number of amides is 2. The van der Waals surface area contributed by atoms with Gasteiger partial charge in [0, 0.05) is 23.6 Å². The summed E-state index contributed by atoms with van der Waals surface area (Å²) in [6.45, 7) is 0.100. The summed E-state index contributed by atoms with van der Waals surface area (Å²) in [5.41, 5.74) is 0.480. The molecule has 0 aliphatic heterocycles. The van der Waals surface area contributed by atoms with Crippen molar-refractivity contribution in [2.75, 3.05) is 11.9 Å². The summed E-state index contributed by atoms with van der Waals surface area (Å²) in [5.74, 6) is 0.129. The number of carbonyl (C=O) groups excluding carboxylic acids is 1. The van der Waals surface area contributed by atoms with E-state index in [-0.39, 0.29) is 24.6 Å². The molecule has 0 spiro atoms. The number of hydrogen-bond donors (Lipinski definition) is 3. The van der Waals surface area contributed by atoms with E-state index < -0.39 is 0 Å². The van der Waals surface area contributed by atoms with Crippen LogP contribution in [-0.4, -0.2) is 23.8 Å². The summed E-state index contributed by atoms with van der Waals surface area (Å²) >= 11 is 11.9. The number of nitrogens with one attached hydrogen (secondary N) is 2. The highest BCUT2D eigenvalue weighted by atomic mass is 35.5.